The molecule has 0 aromatic heterocycles. The largest absolute Gasteiger partial charge is 0.573 e. The molecule has 1 atom stereocenters. The number of benzene rings is 1. The highest BCUT2D eigenvalue weighted by molar-refractivity contribution is 9.10. The van der Waals surface area contributed by atoms with Crippen LogP contribution in [0.2, 0.25) is 0 Å². The minimum absolute atomic E-state index is 0.196. The first kappa shape index (κ1) is 17.1. The third kappa shape index (κ3) is 6.47. The molecule has 0 saturated heterocycles. The first-order valence-corrected chi connectivity index (χ1v) is 7.02. The first-order chi connectivity index (χ1) is 9.31. The molecule has 0 bridgehead atoms. The highest BCUT2D eigenvalue weighted by atomic mass is 79.9. The van der Waals surface area contributed by atoms with E-state index in [9.17, 15) is 13.2 Å². The van der Waals surface area contributed by atoms with Crippen molar-refractivity contribution in [1.29, 1.82) is 0 Å². The summed E-state index contributed by atoms with van der Waals surface area (Å²) >= 11 is 3.02. The molecular weight excluding hydrogens is 339 g/mol. The minimum Gasteiger partial charge on any atom is -0.492 e. The van der Waals surface area contributed by atoms with Crippen LogP contribution >= 0.6 is 15.9 Å². The van der Waals surface area contributed by atoms with Crippen molar-refractivity contribution >= 4 is 15.9 Å². The van der Waals surface area contributed by atoms with E-state index >= 15 is 0 Å². The zero-order valence-corrected chi connectivity index (χ0v) is 12.8. The molecule has 0 radical (unpaired) electrons. The van der Waals surface area contributed by atoms with Crippen molar-refractivity contribution < 1.29 is 22.6 Å². The molecule has 0 spiro atoms. The van der Waals surface area contributed by atoms with Gasteiger partial charge in [0.25, 0.3) is 0 Å². The van der Waals surface area contributed by atoms with Crippen LogP contribution in [0.5, 0.6) is 11.5 Å². The Labute approximate surface area is 124 Å². The van der Waals surface area contributed by atoms with E-state index in [1.165, 1.54) is 18.2 Å². The van der Waals surface area contributed by atoms with Gasteiger partial charge in [0.2, 0.25) is 0 Å². The minimum atomic E-state index is -4.70. The maximum atomic E-state index is 12.1. The standard InChI is InChI=1S/C13H17BrF3NO2/c1-3-9(2)18-6-7-19-10-4-5-12(11(14)8-10)20-13(15,16)17/h4-5,8-9,18H,3,6-7H2,1-2H3. The van der Waals surface area contributed by atoms with E-state index in [1.807, 2.05) is 0 Å². The van der Waals surface area contributed by atoms with Gasteiger partial charge in [0, 0.05) is 12.6 Å². The van der Waals surface area contributed by atoms with Crippen LogP contribution in [0.3, 0.4) is 0 Å². The van der Waals surface area contributed by atoms with Crippen molar-refractivity contribution in [3.63, 3.8) is 0 Å². The quantitative estimate of drug-likeness (QED) is 0.746. The molecule has 0 fully saturated rings. The molecule has 0 amide bonds. The SMILES string of the molecule is CCC(C)NCCOc1ccc(OC(F)(F)F)c(Br)c1. The van der Waals surface area contributed by atoms with Crippen molar-refractivity contribution in [2.24, 2.45) is 0 Å². The molecule has 1 unspecified atom stereocenters. The van der Waals surface area contributed by atoms with Gasteiger partial charge in [0.1, 0.15) is 18.1 Å². The highest BCUT2D eigenvalue weighted by Gasteiger charge is 2.31. The van der Waals surface area contributed by atoms with Gasteiger partial charge >= 0.3 is 6.36 Å². The number of rotatable bonds is 7. The van der Waals surface area contributed by atoms with Gasteiger partial charge in [-0.3, -0.25) is 0 Å². The van der Waals surface area contributed by atoms with Crippen molar-refractivity contribution in [3.8, 4) is 11.5 Å². The predicted molar refractivity (Wildman–Crippen MR) is 74.1 cm³/mol. The molecule has 3 nitrogen and oxygen atoms in total. The van der Waals surface area contributed by atoms with Crippen LogP contribution < -0.4 is 14.8 Å². The van der Waals surface area contributed by atoms with Gasteiger partial charge in [-0.05, 0) is 47.5 Å². The Morgan fingerprint density at radius 2 is 2.05 bits per heavy atom. The Bertz CT molecular complexity index is 427. The van der Waals surface area contributed by atoms with Gasteiger partial charge in [-0.1, -0.05) is 6.92 Å². The molecular formula is C13H17BrF3NO2. The highest BCUT2D eigenvalue weighted by Crippen LogP contribution is 2.33. The topological polar surface area (TPSA) is 30.5 Å². The molecule has 20 heavy (non-hydrogen) atoms. The fourth-order valence-electron chi connectivity index (χ4n) is 1.40. The van der Waals surface area contributed by atoms with Gasteiger partial charge in [-0.15, -0.1) is 13.2 Å². The average Bonchev–Trinajstić information content (AvgIpc) is 2.36. The summed E-state index contributed by atoms with van der Waals surface area (Å²) in [6, 6.07) is 4.52. The molecule has 0 aliphatic heterocycles. The summed E-state index contributed by atoms with van der Waals surface area (Å²) < 4.78 is 45.8. The number of nitrogens with one attached hydrogen (secondary N) is 1. The van der Waals surface area contributed by atoms with Crippen molar-refractivity contribution in [3.05, 3.63) is 22.7 Å². The molecule has 0 saturated carbocycles. The van der Waals surface area contributed by atoms with Crippen LogP contribution in [0, 0.1) is 0 Å². The Balaban J connectivity index is 2.47. The molecule has 7 heteroatoms. The average molecular weight is 356 g/mol. The molecule has 0 heterocycles. The van der Waals surface area contributed by atoms with Crippen LogP contribution in [-0.2, 0) is 0 Å². The third-order valence-electron chi connectivity index (χ3n) is 2.60. The predicted octanol–water partition coefficient (Wildman–Crippen LogP) is 4.11. The lowest BCUT2D eigenvalue weighted by molar-refractivity contribution is -0.274. The summed E-state index contributed by atoms with van der Waals surface area (Å²) in [5, 5.41) is 3.25. The number of hydrogen-bond acceptors (Lipinski definition) is 3. The Morgan fingerprint density at radius 3 is 2.60 bits per heavy atom. The number of halogens is 4. The van der Waals surface area contributed by atoms with Crippen LogP contribution in [-0.4, -0.2) is 25.6 Å². The van der Waals surface area contributed by atoms with E-state index in [4.69, 9.17) is 4.74 Å². The van der Waals surface area contributed by atoms with Crippen LogP contribution in [0.4, 0.5) is 13.2 Å². The van der Waals surface area contributed by atoms with Crippen LogP contribution in [0.25, 0.3) is 0 Å². The molecule has 1 rings (SSSR count). The molecule has 0 aliphatic rings. The fourth-order valence-corrected chi connectivity index (χ4v) is 1.84. The molecule has 1 aromatic carbocycles. The summed E-state index contributed by atoms with van der Waals surface area (Å²) in [5.41, 5.74) is 0. The summed E-state index contributed by atoms with van der Waals surface area (Å²) in [6.07, 6.45) is -3.68. The van der Waals surface area contributed by atoms with E-state index in [0.717, 1.165) is 6.42 Å². The monoisotopic (exact) mass is 355 g/mol. The van der Waals surface area contributed by atoms with E-state index in [1.54, 1.807) is 0 Å². The van der Waals surface area contributed by atoms with E-state index in [-0.39, 0.29) is 10.2 Å². The molecule has 1 N–H and O–H groups in total. The summed E-state index contributed by atoms with van der Waals surface area (Å²) in [4.78, 5) is 0. The zero-order chi connectivity index (χ0) is 15.2. The molecule has 0 aliphatic carbocycles. The van der Waals surface area contributed by atoms with Gasteiger partial charge in [0.15, 0.2) is 0 Å². The maximum absolute atomic E-state index is 12.1. The lowest BCUT2D eigenvalue weighted by Gasteiger charge is -2.13. The normalized spacial score (nSPS) is 13.1. The fraction of sp³-hybridized carbons (Fsp3) is 0.538. The summed E-state index contributed by atoms with van der Waals surface area (Å²) in [6.45, 7) is 5.26. The van der Waals surface area contributed by atoms with Crippen LogP contribution in [0.1, 0.15) is 20.3 Å². The zero-order valence-electron chi connectivity index (χ0n) is 11.3. The van der Waals surface area contributed by atoms with Gasteiger partial charge < -0.3 is 14.8 Å². The second-order valence-corrected chi connectivity index (χ2v) is 5.11. The van der Waals surface area contributed by atoms with Gasteiger partial charge in [0.05, 0.1) is 4.47 Å². The third-order valence-corrected chi connectivity index (χ3v) is 3.22. The Kier molecular flexibility index (Phi) is 6.61. The Hall–Kier alpha value is -0.950. The van der Waals surface area contributed by atoms with Gasteiger partial charge in [-0.2, -0.15) is 0 Å². The second-order valence-electron chi connectivity index (χ2n) is 4.25. The Morgan fingerprint density at radius 1 is 1.35 bits per heavy atom. The molecule has 1 aromatic rings. The lowest BCUT2D eigenvalue weighted by Crippen LogP contribution is -2.29. The van der Waals surface area contributed by atoms with E-state index < -0.39 is 6.36 Å². The van der Waals surface area contributed by atoms with Gasteiger partial charge in [-0.25, -0.2) is 0 Å². The number of alkyl halides is 3. The molecule has 114 valence electrons. The van der Waals surface area contributed by atoms with Crippen molar-refractivity contribution in [1.82, 2.24) is 5.32 Å². The smallest absolute Gasteiger partial charge is 0.492 e. The van der Waals surface area contributed by atoms with Crippen LogP contribution in [0.15, 0.2) is 22.7 Å². The maximum Gasteiger partial charge on any atom is 0.573 e. The first-order valence-electron chi connectivity index (χ1n) is 6.23. The van der Waals surface area contributed by atoms with Crippen molar-refractivity contribution in [2.75, 3.05) is 13.2 Å². The number of ether oxygens (including phenoxy) is 2. The summed E-state index contributed by atoms with van der Waals surface area (Å²) in [7, 11) is 0. The van der Waals surface area contributed by atoms with Crippen molar-refractivity contribution in [2.45, 2.75) is 32.7 Å². The summed E-state index contributed by atoms with van der Waals surface area (Å²) in [5.74, 6) is 0.194. The van der Waals surface area contributed by atoms with E-state index in [0.29, 0.717) is 24.9 Å². The number of hydrogen-bond donors (Lipinski definition) is 1. The lowest BCUT2D eigenvalue weighted by atomic mass is 10.3. The second kappa shape index (κ2) is 7.73. The van der Waals surface area contributed by atoms with E-state index in [2.05, 4.69) is 39.8 Å².